The van der Waals surface area contributed by atoms with Gasteiger partial charge in [-0.1, -0.05) is 6.08 Å². The number of nitrogens with one attached hydrogen (secondary N) is 1. The minimum Gasteiger partial charge on any atom is -0.348 e. The lowest BCUT2D eigenvalue weighted by molar-refractivity contribution is 0.479. The minimum absolute atomic E-state index is 0.174. The lowest BCUT2D eigenvalue weighted by Crippen LogP contribution is -2.08. The molecule has 1 aromatic rings. The monoisotopic (exact) mass is 216 g/mol. The van der Waals surface area contributed by atoms with E-state index in [1.54, 1.807) is 18.5 Å². The van der Waals surface area contributed by atoms with Gasteiger partial charge in [0.1, 0.15) is 5.82 Å². The van der Waals surface area contributed by atoms with E-state index in [4.69, 9.17) is 4.55 Å². The average Bonchev–Trinajstić information content (AvgIpc) is 2.56. The fourth-order valence-electron chi connectivity index (χ4n) is 1.12. The van der Waals surface area contributed by atoms with Crippen LogP contribution in [0.5, 0.6) is 0 Å². The third-order valence-corrected chi connectivity index (χ3v) is 2.59. The number of aromatic nitrogens is 2. The van der Waals surface area contributed by atoms with Crippen LogP contribution < -0.4 is 0 Å². The summed E-state index contributed by atoms with van der Waals surface area (Å²) in [5.41, 5.74) is 0. The first-order valence-corrected chi connectivity index (χ1v) is 5.71. The van der Waals surface area contributed by atoms with Crippen molar-refractivity contribution in [1.82, 2.24) is 9.97 Å². The first-order valence-electron chi connectivity index (χ1n) is 4.10. The second kappa shape index (κ2) is 4.39. The van der Waals surface area contributed by atoms with Crippen LogP contribution in [0.3, 0.4) is 0 Å². The maximum Gasteiger partial charge on any atom is 0.264 e. The number of imidazole rings is 1. The van der Waals surface area contributed by atoms with Gasteiger partial charge in [0.2, 0.25) is 0 Å². The van der Waals surface area contributed by atoms with Crippen molar-refractivity contribution < 1.29 is 13.0 Å². The third-order valence-electron chi connectivity index (χ3n) is 1.84. The maximum absolute atomic E-state index is 10.5. The van der Waals surface area contributed by atoms with E-state index in [9.17, 15) is 8.42 Å². The van der Waals surface area contributed by atoms with Gasteiger partial charge >= 0.3 is 0 Å². The molecule has 1 aromatic heterocycles. The van der Waals surface area contributed by atoms with Gasteiger partial charge < -0.3 is 4.98 Å². The Morgan fingerprint density at radius 1 is 1.71 bits per heavy atom. The predicted octanol–water partition coefficient (Wildman–Crippen LogP) is 0.957. The van der Waals surface area contributed by atoms with Gasteiger partial charge in [-0.25, -0.2) is 4.98 Å². The highest BCUT2D eigenvalue weighted by Crippen LogP contribution is 2.16. The van der Waals surface area contributed by atoms with Crippen LogP contribution >= 0.6 is 0 Å². The Bertz CT molecular complexity index is 383. The van der Waals surface area contributed by atoms with Gasteiger partial charge in [0.15, 0.2) is 0 Å². The molecule has 0 radical (unpaired) electrons. The zero-order valence-electron chi connectivity index (χ0n) is 7.55. The standard InChI is InChI=1S/C8H12N2O3S/c1-2-7(3-6-14(11,12)13)8-9-4-5-10-8/h2,4-5,7H,1,3,6H2,(H,9,10)(H,11,12,13). The van der Waals surface area contributed by atoms with E-state index in [-0.39, 0.29) is 18.1 Å². The highest BCUT2D eigenvalue weighted by atomic mass is 32.2. The molecule has 78 valence electrons. The molecule has 1 atom stereocenters. The third kappa shape index (κ3) is 3.31. The van der Waals surface area contributed by atoms with E-state index in [2.05, 4.69) is 16.5 Å². The van der Waals surface area contributed by atoms with Crippen molar-refractivity contribution >= 4 is 10.1 Å². The maximum atomic E-state index is 10.5. The van der Waals surface area contributed by atoms with Crippen molar-refractivity contribution in [2.45, 2.75) is 12.3 Å². The Morgan fingerprint density at radius 2 is 2.43 bits per heavy atom. The normalized spacial score (nSPS) is 13.8. The van der Waals surface area contributed by atoms with E-state index in [1.807, 2.05) is 0 Å². The largest absolute Gasteiger partial charge is 0.348 e. The molecule has 0 bridgehead atoms. The number of hydrogen-bond donors (Lipinski definition) is 2. The van der Waals surface area contributed by atoms with Crippen molar-refractivity contribution in [3.05, 3.63) is 30.9 Å². The highest BCUT2D eigenvalue weighted by Gasteiger charge is 2.13. The van der Waals surface area contributed by atoms with E-state index in [1.165, 1.54) is 0 Å². The fourth-order valence-corrected chi connectivity index (χ4v) is 1.67. The first-order chi connectivity index (χ1) is 6.53. The summed E-state index contributed by atoms with van der Waals surface area (Å²) in [5, 5.41) is 0. The number of rotatable bonds is 5. The van der Waals surface area contributed by atoms with Gasteiger partial charge in [0, 0.05) is 18.3 Å². The number of H-pyrrole nitrogens is 1. The van der Waals surface area contributed by atoms with E-state index < -0.39 is 10.1 Å². The van der Waals surface area contributed by atoms with E-state index >= 15 is 0 Å². The molecule has 0 aliphatic carbocycles. The molecule has 2 N–H and O–H groups in total. The zero-order valence-corrected chi connectivity index (χ0v) is 8.37. The number of hydrogen-bond acceptors (Lipinski definition) is 3. The zero-order chi connectivity index (χ0) is 10.6. The van der Waals surface area contributed by atoms with Crippen molar-refractivity contribution in [3.8, 4) is 0 Å². The Labute approximate surface area is 82.6 Å². The molecule has 1 unspecified atom stereocenters. The molecular weight excluding hydrogens is 204 g/mol. The topological polar surface area (TPSA) is 83.1 Å². The van der Waals surface area contributed by atoms with Gasteiger partial charge in [0.05, 0.1) is 5.75 Å². The fraction of sp³-hybridized carbons (Fsp3) is 0.375. The molecule has 0 amide bonds. The van der Waals surface area contributed by atoms with E-state index in [0.29, 0.717) is 5.82 Å². The summed E-state index contributed by atoms with van der Waals surface area (Å²) in [6, 6.07) is 0. The van der Waals surface area contributed by atoms with Gasteiger partial charge in [-0.3, -0.25) is 4.55 Å². The molecule has 6 heteroatoms. The summed E-state index contributed by atoms with van der Waals surface area (Å²) in [7, 11) is -3.91. The average molecular weight is 216 g/mol. The molecule has 0 aromatic carbocycles. The van der Waals surface area contributed by atoms with Crippen LogP contribution in [-0.4, -0.2) is 28.7 Å². The summed E-state index contributed by atoms with van der Waals surface area (Å²) < 4.78 is 29.6. The molecular formula is C8H12N2O3S. The van der Waals surface area contributed by atoms with Crippen LogP contribution in [0.2, 0.25) is 0 Å². The predicted molar refractivity (Wildman–Crippen MR) is 52.6 cm³/mol. The number of allylic oxidation sites excluding steroid dienone is 1. The molecule has 0 saturated heterocycles. The Morgan fingerprint density at radius 3 is 2.86 bits per heavy atom. The van der Waals surface area contributed by atoms with Gasteiger partial charge in [-0.15, -0.1) is 6.58 Å². The molecule has 5 nitrogen and oxygen atoms in total. The molecule has 14 heavy (non-hydrogen) atoms. The van der Waals surface area contributed by atoms with Crippen molar-refractivity contribution in [2.24, 2.45) is 0 Å². The molecule has 0 aliphatic heterocycles. The lowest BCUT2D eigenvalue weighted by atomic mass is 10.1. The summed E-state index contributed by atoms with van der Waals surface area (Å²) in [4.78, 5) is 6.85. The van der Waals surface area contributed by atoms with Gasteiger partial charge in [-0.2, -0.15) is 8.42 Å². The number of aromatic amines is 1. The van der Waals surface area contributed by atoms with Crippen LogP contribution in [0.25, 0.3) is 0 Å². The summed E-state index contributed by atoms with van der Waals surface area (Å²) in [5.74, 6) is 0.195. The van der Waals surface area contributed by atoms with Crippen molar-refractivity contribution in [2.75, 3.05) is 5.75 Å². The Hall–Kier alpha value is -1.14. The first kappa shape index (κ1) is 10.9. The van der Waals surface area contributed by atoms with Crippen molar-refractivity contribution in [1.29, 1.82) is 0 Å². The smallest absolute Gasteiger partial charge is 0.264 e. The van der Waals surface area contributed by atoms with Crippen LogP contribution in [0.1, 0.15) is 18.2 Å². The van der Waals surface area contributed by atoms with Crippen molar-refractivity contribution in [3.63, 3.8) is 0 Å². The van der Waals surface area contributed by atoms with Crippen LogP contribution in [-0.2, 0) is 10.1 Å². The molecule has 1 rings (SSSR count). The quantitative estimate of drug-likeness (QED) is 0.567. The Kier molecular flexibility index (Phi) is 3.43. The van der Waals surface area contributed by atoms with Gasteiger partial charge in [-0.05, 0) is 6.42 Å². The van der Waals surface area contributed by atoms with Gasteiger partial charge in [0.25, 0.3) is 10.1 Å². The number of nitrogens with zero attached hydrogens (tertiary/aromatic N) is 1. The Balaban J connectivity index is 2.62. The molecule has 1 heterocycles. The lowest BCUT2D eigenvalue weighted by Gasteiger charge is -2.07. The second-order valence-electron chi connectivity index (χ2n) is 2.89. The van der Waals surface area contributed by atoms with Crippen LogP contribution in [0, 0.1) is 0 Å². The minimum atomic E-state index is -3.91. The second-order valence-corrected chi connectivity index (χ2v) is 4.46. The summed E-state index contributed by atoms with van der Waals surface area (Å²) in [6.45, 7) is 3.58. The summed E-state index contributed by atoms with van der Waals surface area (Å²) >= 11 is 0. The van der Waals surface area contributed by atoms with E-state index in [0.717, 1.165) is 0 Å². The molecule has 0 saturated carbocycles. The SMILES string of the molecule is C=CC(CCS(=O)(=O)O)c1ncc[nH]1. The highest BCUT2D eigenvalue weighted by molar-refractivity contribution is 7.85. The molecule has 0 spiro atoms. The molecule has 0 fully saturated rings. The van der Waals surface area contributed by atoms with Crippen LogP contribution in [0.15, 0.2) is 25.0 Å². The summed E-state index contributed by atoms with van der Waals surface area (Å²) in [6.07, 6.45) is 5.11. The molecule has 0 aliphatic rings. The van der Waals surface area contributed by atoms with Crippen LogP contribution in [0.4, 0.5) is 0 Å².